The number of benzene rings is 2. The van der Waals surface area contributed by atoms with Crippen molar-refractivity contribution in [3.8, 4) is 5.75 Å². The van der Waals surface area contributed by atoms with Crippen LogP contribution in [0, 0.1) is 6.92 Å². The molecule has 0 unspecified atom stereocenters. The molecule has 0 aliphatic carbocycles. The number of amidine groups is 1. The van der Waals surface area contributed by atoms with Crippen molar-refractivity contribution in [3.63, 3.8) is 0 Å². The first-order valence-electron chi connectivity index (χ1n) is 13.7. The molecule has 8 heteroatoms. The van der Waals surface area contributed by atoms with Crippen LogP contribution in [0.15, 0.2) is 48.7 Å². The molecule has 1 amide bonds. The summed E-state index contributed by atoms with van der Waals surface area (Å²) in [5.74, 6) is 1.69. The fourth-order valence-corrected chi connectivity index (χ4v) is 4.95. The molecular formula is C31H39N5O3+. The minimum Gasteiger partial charge on any atom is -0.497 e. The number of aliphatic imine (C=N–C) groups is 1. The number of amides is 1. The van der Waals surface area contributed by atoms with E-state index in [1.165, 1.54) is 0 Å². The number of nitrogens with one attached hydrogen (secondary N) is 3. The minimum atomic E-state index is -0.272. The Hall–Kier alpha value is -3.91. The molecule has 1 aliphatic heterocycles. The number of ketones is 1. The van der Waals surface area contributed by atoms with Crippen LogP contribution in [0.5, 0.6) is 5.75 Å². The first-order chi connectivity index (χ1) is 18.9. The molecule has 3 aromatic rings. The quantitative estimate of drug-likeness (QED) is 0.233. The third-order valence-corrected chi connectivity index (χ3v) is 7.24. The summed E-state index contributed by atoms with van der Waals surface area (Å²) in [6.07, 6.45) is 6.63. The lowest BCUT2D eigenvalue weighted by Gasteiger charge is -2.16. The smallest absolute Gasteiger partial charge is 0.319 e. The molecule has 205 valence electrons. The van der Waals surface area contributed by atoms with E-state index in [4.69, 9.17) is 10.5 Å². The summed E-state index contributed by atoms with van der Waals surface area (Å²) < 4.78 is 5.40. The highest BCUT2D eigenvalue weighted by Gasteiger charge is 2.31. The number of aromatic nitrogens is 1. The van der Waals surface area contributed by atoms with Gasteiger partial charge in [0.1, 0.15) is 17.6 Å². The van der Waals surface area contributed by atoms with Crippen LogP contribution in [-0.4, -0.2) is 35.7 Å². The number of H-pyrrole nitrogens is 1. The van der Waals surface area contributed by atoms with E-state index in [1.54, 1.807) is 13.3 Å². The number of carbonyl (C=O) groups is 2. The number of Topliss-reactive ketones (excluding diaryl/α,β-unsaturated/α-hetero) is 1. The van der Waals surface area contributed by atoms with Crippen molar-refractivity contribution < 1.29 is 14.3 Å². The summed E-state index contributed by atoms with van der Waals surface area (Å²) in [4.78, 5) is 33.1. The maximum absolute atomic E-state index is 13.4. The van der Waals surface area contributed by atoms with Crippen LogP contribution >= 0.6 is 0 Å². The van der Waals surface area contributed by atoms with Crippen LogP contribution in [0.3, 0.4) is 0 Å². The number of aryl methyl sites for hydroxylation is 1. The fraction of sp³-hybridized carbons (Fsp3) is 0.387. The number of unbranched alkanes of at least 4 members (excludes halogenated alkanes) is 2. The zero-order valence-electron chi connectivity index (χ0n) is 23.1. The van der Waals surface area contributed by atoms with Crippen molar-refractivity contribution >= 4 is 34.1 Å². The summed E-state index contributed by atoms with van der Waals surface area (Å²) in [7, 11) is 1.64. The molecule has 1 radical (unpaired) electrons. The summed E-state index contributed by atoms with van der Waals surface area (Å²) in [5, 5.41) is 7.64. The number of rotatable bonds is 14. The van der Waals surface area contributed by atoms with Gasteiger partial charge in [-0.05, 0) is 60.2 Å². The molecule has 4 rings (SSSR count). The molecule has 1 atom stereocenters. The van der Waals surface area contributed by atoms with Gasteiger partial charge in [-0.1, -0.05) is 38.0 Å². The summed E-state index contributed by atoms with van der Waals surface area (Å²) in [6, 6.07) is 13.6. The molecule has 0 saturated carbocycles. The predicted molar refractivity (Wildman–Crippen MR) is 156 cm³/mol. The number of methoxy groups -OCH3 is 1. The lowest BCUT2D eigenvalue weighted by atomic mass is 10.0. The second-order valence-corrected chi connectivity index (χ2v) is 10.0. The number of hydrogen-bond donors (Lipinski definition) is 4. The molecular weight excluding hydrogens is 490 g/mol. The van der Waals surface area contributed by atoms with Crippen LogP contribution < -0.4 is 26.1 Å². The average Bonchev–Trinajstić information content (AvgIpc) is 3.56. The number of nitrogens with two attached hydrogens (primary N) is 1. The Kier molecular flexibility index (Phi) is 9.54. The molecule has 39 heavy (non-hydrogen) atoms. The Bertz CT molecular complexity index is 1390. The lowest BCUT2D eigenvalue weighted by molar-refractivity contribution is -0.121. The molecule has 2 heterocycles. The van der Waals surface area contributed by atoms with Crippen molar-refractivity contribution in [3.05, 3.63) is 71.0 Å². The van der Waals surface area contributed by atoms with Gasteiger partial charge in [0.05, 0.1) is 13.5 Å². The van der Waals surface area contributed by atoms with Crippen molar-refractivity contribution in [2.45, 2.75) is 71.4 Å². The summed E-state index contributed by atoms with van der Waals surface area (Å²) >= 11 is 0. The van der Waals surface area contributed by atoms with Gasteiger partial charge in [0.15, 0.2) is 11.9 Å². The summed E-state index contributed by atoms with van der Waals surface area (Å²) in [6.45, 7) is 4.35. The van der Waals surface area contributed by atoms with Gasteiger partial charge in [0.25, 0.3) is 0 Å². The van der Waals surface area contributed by atoms with E-state index in [0.29, 0.717) is 25.2 Å². The number of hydrogen-bond acceptors (Lipinski definition) is 6. The zero-order chi connectivity index (χ0) is 27.8. The van der Waals surface area contributed by atoms with Crippen molar-refractivity contribution in [1.29, 1.82) is 0 Å². The second-order valence-electron chi connectivity index (χ2n) is 10.0. The van der Waals surface area contributed by atoms with E-state index < -0.39 is 0 Å². The topological polar surface area (TPSA) is 123 Å². The SMILES string of the molecule is CCC(=O)CCCCC[C@H](NC(=O)Cc1c(C)[nH]c2ccc(OC)cc12)C1=[N+]C=C(c2cccc(CN)c2)N1. The van der Waals surface area contributed by atoms with Gasteiger partial charge >= 0.3 is 5.84 Å². The Balaban J connectivity index is 1.45. The van der Waals surface area contributed by atoms with Gasteiger partial charge in [-0.3, -0.25) is 9.59 Å². The van der Waals surface area contributed by atoms with Crippen molar-refractivity contribution in [2.24, 2.45) is 5.73 Å². The number of nitrogens with zero attached hydrogens (tertiary/aromatic N) is 1. The van der Waals surface area contributed by atoms with E-state index in [1.807, 2.05) is 56.3 Å². The van der Waals surface area contributed by atoms with Crippen LogP contribution in [-0.2, 0) is 22.6 Å². The highest BCUT2D eigenvalue weighted by atomic mass is 16.5. The van der Waals surface area contributed by atoms with E-state index in [-0.39, 0.29) is 18.4 Å². The van der Waals surface area contributed by atoms with Crippen molar-refractivity contribution in [2.75, 3.05) is 7.11 Å². The number of fused-ring (bicyclic) bond motifs is 1. The van der Waals surface area contributed by atoms with E-state index in [9.17, 15) is 9.59 Å². The monoisotopic (exact) mass is 529 g/mol. The Labute approximate surface area is 230 Å². The Morgan fingerprint density at radius 2 is 1.97 bits per heavy atom. The maximum atomic E-state index is 13.4. The molecule has 1 aromatic heterocycles. The molecule has 1 aliphatic rings. The molecule has 2 aromatic carbocycles. The van der Waals surface area contributed by atoms with Crippen LogP contribution in [0.1, 0.15) is 67.8 Å². The average molecular weight is 530 g/mol. The van der Waals surface area contributed by atoms with Crippen LogP contribution in [0.4, 0.5) is 0 Å². The Morgan fingerprint density at radius 3 is 2.74 bits per heavy atom. The van der Waals surface area contributed by atoms with Gasteiger partial charge in [-0.25, -0.2) is 5.32 Å². The standard InChI is InChI=1S/C31H39N5O3/c1-4-23(37)11-6-5-7-12-28(31-33-19-29(36-31)22-10-8-9-21(15-22)18-32)35-30(38)17-25-20(2)34-27-14-13-24(39-3)16-26(25)27/h8-10,13-16,19,28,34,36H,4-7,11-12,17-18,32H2,1-3H3,(H,35,38)/q+1/t28-/m0/s1. The first kappa shape index (κ1) is 28.1. The molecule has 8 nitrogen and oxygen atoms in total. The second kappa shape index (κ2) is 13.2. The maximum Gasteiger partial charge on any atom is 0.319 e. The van der Waals surface area contributed by atoms with Gasteiger partial charge in [0.2, 0.25) is 5.91 Å². The number of carbonyl (C=O) groups excluding carboxylic acids is 2. The highest BCUT2D eigenvalue weighted by Crippen LogP contribution is 2.27. The van der Waals surface area contributed by atoms with Gasteiger partial charge in [0, 0.05) is 41.5 Å². The van der Waals surface area contributed by atoms with Crippen LogP contribution in [0.2, 0.25) is 0 Å². The number of aromatic amines is 1. The molecule has 0 spiro atoms. The lowest BCUT2D eigenvalue weighted by Crippen LogP contribution is -2.47. The molecule has 5 N–H and O–H groups in total. The van der Waals surface area contributed by atoms with E-state index in [2.05, 4.69) is 20.6 Å². The van der Waals surface area contributed by atoms with E-state index in [0.717, 1.165) is 76.3 Å². The van der Waals surface area contributed by atoms with Gasteiger partial charge < -0.3 is 20.8 Å². The van der Waals surface area contributed by atoms with E-state index >= 15 is 0 Å². The molecule has 0 saturated heterocycles. The Morgan fingerprint density at radius 1 is 1.13 bits per heavy atom. The fourth-order valence-electron chi connectivity index (χ4n) is 4.95. The minimum absolute atomic E-state index is 0.0731. The first-order valence-corrected chi connectivity index (χ1v) is 13.7. The summed E-state index contributed by atoms with van der Waals surface area (Å²) in [5.41, 5.74) is 11.6. The largest absolute Gasteiger partial charge is 0.497 e. The third-order valence-electron chi connectivity index (χ3n) is 7.24. The normalized spacial score (nSPS) is 13.5. The third kappa shape index (κ3) is 7.15. The zero-order valence-corrected chi connectivity index (χ0v) is 23.1. The predicted octanol–water partition coefficient (Wildman–Crippen LogP) is 4.24. The van der Waals surface area contributed by atoms with Gasteiger partial charge in [-0.2, -0.15) is 0 Å². The molecule has 0 bridgehead atoms. The molecule has 0 fully saturated rings. The van der Waals surface area contributed by atoms with Crippen LogP contribution in [0.25, 0.3) is 16.6 Å². The number of ether oxygens (including phenoxy) is 1. The van der Waals surface area contributed by atoms with Crippen molar-refractivity contribution in [1.82, 2.24) is 20.6 Å². The van der Waals surface area contributed by atoms with Gasteiger partial charge in [-0.15, -0.1) is 0 Å². The highest BCUT2D eigenvalue weighted by molar-refractivity contribution is 6.00.